The van der Waals surface area contributed by atoms with Crippen LogP contribution in [0.3, 0.4) is 0 Å². The highest BCUT2D eigenvalue weighted by Crippen LogP contribution is 2.21. The second kappa shape index (κ2) is 3.70. The molecule has 2 rings (SSSR count). The maximum absolute atomic E-state index is 11.0. The zero-order valence-corrected chi connectivity index (χ0v) is 8.22. The molecule has 5 nitrogen and oxygen atoms in total. The summed E-state index contributed by atoms with van der Waals surface area (Å²) in [5.74, 6) is -1.10. The summed E-state index contributed by atoms with van der Waals surface area (Å²) in [5, 5.41) is 16.9. The fourth-order valence-corrected chi connectivity index (χ4v) is 1.48. The highest BCUT2D eigenvalue weighted by atomic mass is 35.5. The fraction of sp³-hybridized carbons (Fsp3) is 0. The van der Waals surface area contributed by atoms with Crippen LogP contribution in [-0.2, 0) is 0 Å². The Labute approximate surface area is 89.9 Å². The molecule has 0 radical (unpaired) electrons. The summed E-state index contributed by atoms with van der Waals surface area (Å²) < 4.78 is 0. The van der Waals surface area contributed by atoms with Crippen LogP contribution in [0.2, 0.25) is 5.02 Å². The number of aromatic nitrogens is 3. The lowest BCUT2D eigenvalue weighted by Crippen LogP contribution is -2.08. The first kappa shape index (κ1) is 9.67. The van der Waals surface area contributed by atoms with Crippen molar-refractivity contribution in [3.8, 4) is 5.69 Å². The summed E-state index contributed by atoms with van der Waals surface area (Å²) >= 11 is 5.79. The minimum atomic E-state index is -1.10. The molecule has 0 aliphatic heterocycles. The predicted molar refractivity (Wildman–Crippen MR) is 53.3 cm³/mol. The van der Waals surface area contributed by atoms with Gasteiger partial charge in [0.2, 0.25) is 0 Å². The summed E-state index contributed by atoms with van der Waals surface area (Å²) in [6.07, 6.45) is 2.93. The Kier molecular flexibility index (Phi) is 2.39. The van der Waals surface area contributed by atoms with Gasteiger partial charge in [-0.2, -0.15) is 15.0 Å². The van der Waals surface area contributed by atoms with E-state index in [9.17, 15) is 4.79 Å². The predicted octanol–water partition coefficient (Wildman–Crippen LogP) is 1.62. The molecule has 0 aliphatic carbocycles. The van der Waals surface area contributed by atoms with E-state index < -0.39 is 5.97 Å². The van der Waals surface area contributed by atoms with Gasteiger partial charge in [0.15, 0.2) is 0 Å². The molecule has 0 saturated carbocycles. The van der Waals surface area contributed by atoms with Crippen LogP contribution in [0.4, 0.5) is 0 Å². The molecule has 0 amide bonds. The average Bonchev–Trinajstić information content (AvgIpc) is 2.69. The molecular weight excluding hydrogens is 218 g/mol. The SMILES string of the molecule is O=C(O)c1c(Cl)cccc1-n1nccn1. The normalized spacial score (nSPS) is 10.2. The van der Waals surface area contributed by atoms with Crippen LogP contribution < -0.4 is 0 Å². The molecule has 76 valence electrons. The van der Waals surface area contributed by atoms with Gasteiger partial charge in [0.05, 0.1) is 17.4 Å². The Balaban J connectivity index is 2.66. The van der Waals surface area contributed by atoms with Gasteiger partial charge in [0, 0.05) is 0 Å². The average molecular weight is 224 g/mol. The number of nitrogens with zero attached hydrogens (tertiary/aromatic N) is 3. The van der Waals surface area contributed by atoms with E-state index in [1.54, 1.807) is 12.1 Å². The molecule has 15 heavy (non-hydrogen) atoms. The summed E-state index contributed by atoms with van der Waals surface area (Å²) in [6.45, 7) is 0. The van der Waals surface area contributed by atoms with E-state index in [0.29, 0.717) is 5.69 Å². The van der Waals surface area contributed by atoms with Gasteiger partial charge in [-0.05, 0) is 12.1 Å². The first-order chi connectivity index (χ1) is 7.20. The molecule has 0 atom stereocenters. The summed E-state index contributed by atoms with van der Waals surface area (Å²) in [4.78, 5) is 12.2. The zero-order chi connectivity index (χ0) is 10.8. The Hall–Kier alpha value is -1.88. The standard InChI is InChI=1S/C9H6ClN3O2/c10-6-2-1-3-7(8(6)9(14)15)13-11-4-5-12-13/h1-5H,(H,14,15). The number of rotatable bonds is 2. The number of carbonyl (C=O) groups is 1. The molecule has 0 aliphatic rings. The van der Waals surface area contributed by atoms with E-state index in [4.69, 9.17) is 16.7 Å². The highest BCUT2D eigenvalue weighted by Gasteiger charge is 2.16. The van der Waals surface area contributed by atoms with Crippen LogP contribution in [0.25, 0.3) is 5.69 Å². The minimum Gasteiger partial charge on any atom is -0.478 e. The second-order valence-corrected chi connectivity index (χ2v) is 3.16. The van der Waals surface area contributed by atoms with Crippen molar-refractivity contribution in [3.63, 3.8) is 0 Å². The summed E-state index contributed by atoms with van der Waals surface area (Å²) in [6, 6.07) is 4.75. The van der Waals surface area contributed by atoms with E-state index in [1.807, 2.05) is 0 Å². The quantitative estimate of drug-likeness (QED) is 0.840. The lowest BCUT2D eigenvalue weighted by Gasteiger charge is -2.05. The van der Waals surface area contributed by atoms with Crippen LogP contribution in [0, 0.1) is 0 Å². The number of hydrogen-bond acceptors (Lipinski definition) is 3. The van der Waals surface area contributed by atoms with Gasteiger partial charge in [-0.15, -0.1) is 0 Å². The third-order valence-corrected chi connectivity index (χ3v) is 2.15. The second-order valence-electron chi connectivity index (χ2n) is 2.76. The van der Waals surface area contributed by atoms with Crippen LogP contribution >= 0.6 is 11.6 Å². The molecule has 0 spiro atoms. The first-order valence-corrected chi connectivity index (χ1v) is 4.46. The molecule has 1 N–H and O–H groups in total. The topological polar surface area (TPSA) is 68.0 Å². The third-order valence-electron chi connectivity index (χ3n) is 1.84. The molecule has 2 aromatic rings. The Morgan fingerprint density at radius 2 is 2.00 bits per heavy atom. The molecule has 1 heterocycles. The van der Waals surface area contributed by atoms with E-state index in [-0.39, 0.29) is 10.6 Å². The maximum Gasteiger partial charge on any atom is 0.339 e. The van der Waals surface area contributed by atoms with Gasteiger partial charge in [0.25, 0.3) is 0 Å². The fourth-order valence-electron chi connectivity index (χ4n) is 1.23. The lowest BCUT2D eigenvalue weighted by molar-refractivity contribution is 0.0696. The van der Waals surface area contributed by atoms with Gasteiger partial charge >= 0.3 is 5.97 Å². The molecular formula is C9H6ClN3O2. The van der Waals surface area contributed by atoms with Gasteiger partial charge in [-0.3, -0.25) is 0 Å². The van der Waals surface area contributed by atoms with Crippen LogP contribution in [0.5, 0.6) is 0 Å². The molecule has 1 aromatic heterocycles. The van der Waals surface area contributed by atoms with Crippen molar-refractivity contribution in [3.05, 3.63) is 41.2 Å². The Bertz CT molecular complexity index is 496. The Morgan fingerprint density at radius 1 is 1.33 bits per heavy atom. The van der Waals surface area contributed by atoms with Gasteiger partial charge in [-0.25, -0.2) is 4.79 Å². The van der Waals surface area contributed by atoms with Crippen molar-refractivity contribution in [2.24, 2.45) is 0 Å². The summed E-state index contributed by atoms with van der Waals surface area (Å²) in [5.41, 5.74) is 0.343. The molecule has 0 fully saturated rings. The van der Waals surface area contributed by atoms with E-state index in [1.165, 1.54) is 23.3 Å². The number of carboxylic acid groups (broad SMARTS) is 1. The van der Waals surface area contributed by atoms with Gasteiger partial charge in [0.1, 0.15) is 11.3 Å². The first-order valence-electron chi connectivity index (χ1n) is 4.08. The van der Waals surface area contributed by atoms with Crippen LogP contribution in [-0.4, -0.2) is 26.1 Å². The van der Waals surface area contributed by atoms with Crippen molar-refractivity contribution in [1.29, 1.82) is 0 Å². The van der Waals surface area contributed by atoms with Gasteiger partial charge < -0.3 is 5.11 Å². The molecule has 1 aromatic carbocycles. The smallest absolute Gasteiger partial charge is 0.339 e. The lowest BCUT2D eigenvalue weighted by atomic mass is 10.2. The van der Waals surface area contributed by atoms with Crippen molar-refractivity contribution >= 4 is 17.6 Å². The third kappa shape index (κ3) is 1.69. The number of benzene rings is 1. The molecule has 0 bridgehead atoms. The zero-order valence-electron chi connectivity index (χ0n) is 7.46. The highest BCUT2D eigenvalue weighted by molar-refractivity contribution is 6.34. The number of carboxylic acids is 1. The molecule has 0 unspecified atom stereocenters. The monoisotopic (exact) mass is 223 g/mol. The number of aromatic carboxylic acids is 1. The minimum absolute atomic E-state index is 0.00429. The van der Waals surface area contributed by atoms with E-state index >= 15 is 0 Å². The van der Waals surface area contributed by atoms with Crippen LogP contribution in [0.1, 0.15) is 10.4 Å². The maximum atomic E-state index is 11.0. The number of hydrogen-bond donors (Lipinski definition) is 1. The molecule has 6 heteroatoms. The van der Waals surface area contributed by atoms with Crippen molar-refractivity contribution in [2.45, 2.75) is 0 Å². The van der Waals surface area contributed by atoms with Crippen LogP contribution in [0.15, 0.2) is 30.6 Å². The summed E-state index contributed by atoms with van der Waals surface area (Å²) in [7, 11) is 0. The van der Waals surface area contributed by atoms with E-state index in [0.717, 1.165) is 0 Å². The van der Waals surface area contributed by atoms with Gasteiger partial charge in [-0.1, -0.05) is 17.7 Å². The van der Waals surface area contributed by atoms with Crippen molar-refractivity contribution < 1.29 is 9.90 Å². The molecule has 0 saturated heterocycles. The largest absolute Gasteiger partial charge is 0.478 e. The van der Waals surface area contributed by atoms with E-state index in [2.05, 4.69) is 10.2 Å². The van der Waals surface area contributed by atoms with Crippen molar-refractivity contribution in [1.82, 2.24) is 15.0 Å². The number of halogens is 1. The van der Waals surface area contributed by atoms with Crippen molar-refractivity contribution in [2.75, 3.05) is 0 Å². The Morgan fingerprint density at radius 3 is 2.60 bits per heavy atom.